The molecule has 0 aromatic heterocycles. The molecule has 0 aliphatic carbocycles. The van der Waals surface area contributed by atoms with Gasteiger partial charge in [-0.05, 0) is 36.1 Å². The van der Waals surface area contributed by atoms with Crippen LogP contribution in [-0.2, 0) is 69.1 Å². The fourth-order valence-electron chi connectivity index (χ4n) is 6.80. The molecular formula is C44H52O9. The second-order valence-corrected chi connectivity index (χ2v) is 13.4. The van der Waals surface area contributed by atoms with E-state index in [0.29, 0.717) is 26.4 Å². The first-order chi connectivity index (χ1) is 26.0. The quantitative estimate of drug-likeness (QED) is 0.0975. The minimum Gasteiger partial charge on any atom is -0.368 e. The Kier molecular flexibility index (Phi) is 14.8. The van der Waals surface area contributed by atoms with E-state index in [-0.39, 0.29) is 6.61 Å². The predicted molar refractivity (Wildman–Crippen MR) is 201 cm³/mol. The molecule has 0 amide bonds. The summed E-state index contributed by atoms with van der Waals surface area (Å²) in [6.07, 6.45) is -4.47. The molecule has 0 spiro atoms. The lowest BCUT2D eigenvalue weighted by Crippen LogP contribution is -2.65. The molecule has 9 nitrogen and oxygen atoms in total. The Morgan fingerprint density at radius 1 is 0.472 bits per heavy atom. The maximum Gasteiger partial charge on any atom is 0.187 e. The second-order valence-electron chi connectivity index (χ2n) is 13.4. The van der Waals surface area contributed by atoms with Crippen LogP contribution in [-0.4, -0.2) is 75.1 Å². The Labute approximate surface area is 313 Å². The highest BCUT2D eigenvalue weighted by molar-refractivity contribution is 5.16. The van der Waals surface area contributed by atoms with E-state index >= 15 is 0 Å². The first-order valence-corrected chi connectivity index (χ1v) is 18.4. The summed E-state index contributed by atoms with van der Waals surface area (Å²) in [6.45, 7) is 9.47. The van der Waals surface area contributed by atoms with Gasteiger partial charge in [-0.1, -0.05) is 127 Å². The van der Waals surface area contributed by atoms with Crippen LogP contribution < -0.4 is 0 Å². The molecular weight excluding hydrogens is 672 g/mol. The Morgan fingerprint density at radius 3 is 1.23 bits per heavy atom. The first-order valence-electron chi connectivity index (χ1n) is 18.4. The first kappa shape index (κ1) is 39.0. The smallest absolute Gasteiger partial charge is 0.187 e. The number of hydrogen-bond acceptors (Lipinski definition) is 9. The van der Waals surface area contributed by atoms with Gasteiger partial charge in [0.25, 0.3) is 0 Å². The van der Waals surface area contributed by atoms with Gasteiger partial charge in [-0.3, -0.25) is 0 Å². The van der Waals surface area contributed by atoms with E-state index in [9.17, 15) is 0 Å². The van der Waals surface area contributed by atoms with E-state index in [1.807, 2.05) is 135 Å². The van der Waals surface area contributed by atoms with Gasteiger partial charge in [-0.2, -0.15) is 0 Å². The van der Waals surface area contributed by atoms with E-state index in [2.05, 4.69) is 6.58 Å². The van der Waals surface area contributed by atoms with Crippen molar-refractivity contribution < 1.29 is 42.6 Å². The van der Waals surface area contributed by atoms with Gasteiger partial charge in [0.05, 0.1) is 45.2 Å². The SMILES string of the molecule is C=CCO[C@@H]1[C@@H](OCc2ccccc2)[C@H](C)O[C@@H](O[C@@H]2[C@@H](OCc3ccccc3)[C@H](C)O[C@@H](OC)[C@@H]2OCc2ccccc2)[C@@H]1OCc1ccccc1. The van der Waals surface area contributed by atoms with Gasteiger partial charge in [-0.15, -0.1) is 6.58 Å². The normalized spacial score (nSPS) is 28.7. The molecule has 0 radical (unpaired) electrons. The Hall–Kier alpha value is -3.74. The standard InChI is InChI=1S/C44H52O9/c1-5-26-46-39-37(47-27-33-18-10-6-11-19-33)31(2)52-44(41(39)49-29-35-22-14-8-15-23-35)53-40-38(48-28-34-20-12-7-13-21-34)32(3)51-43(45-4)42(40)50-30-36-24-16-9-17-25-36/h5-25,31-32,37-44H,1,26-30H2,2-4H3/t31-,32-,37-,38-,39+,40+,41+,42+,43+,44-/m0/s1. The van der Waals surface area contributed by atoms with Crippen LogP contribution in [0, 0.1) is 0 Å². The van der Waals surface area contributed by atoms with Crippen molar-refractivity contribution >= 4 is 0 Å². The fourth-order valence-corrected chi connectivity index (χ4v) is 6.80. The summed E-state index contributed by atoms with van der Waals surface area (Å²) in [7, 11) is 1.61. The van der Waals surface area contributed by atoms with E-state index < -0.39 is 61.4 Å². The molecule has 9 heteroatoms. The fraction of sp³-hybridized carbons (Fsp3) is 0.409. The van der Waals surface area contributed by atoms with Gasteiger partial charge in [0, 0.05) is 7.11 Å². The third kappa shape index (κ3) is 10.7. The van der Waals surface area contributed by atoms with Gasteiger partial charge in [-0.25, -0.2) is 0 Å². The number of methoxy groups -OCH3 is 1. The van der Waals surface area contributed by atoms with Gasteiger partial charge >= 0.3 is 0 Å². The molecule has 0 N–H and O–H groups in total. The summed E-state index contributed by atoms with van der Waals surface area (Å²) in [5, 5.41) is 0. The van der Waals surface area contributed by atoms with Crippen LogP contribution in [0.25, 0.3) is 0 Å². The van der Waals surface area contributed by atoms with Crippen molar-refractivity contribution in [2.24, 2.45) is 0 Å². The predicted octanol–water partition coefficient (Wildman–Crippen LogP) is 7.42. The zero-order chi connectivity index (χ0) is 36.8. The van der Waals surface area contributed by atoms with Gasteiger partial charge in [0.1, 0.15) is 36.6 Å². The summed E-state index contributed by atoms with van der Waals surface area (Å²) >= 11 is 0. The third-order valence-electron chi connectivity index (χ3n) is 9.53. The number of rotatable bonds is 18. The molecule has 6 rings (SSSR count). The zero-order valence-electron chi connectivity index (χ0n) is 30.8. The van der Waals surface area contributed by atoms with Crippen LogP contribution in [0.2, 0.25) is 0 Å². The Bertz CT molecular complexity index is 1610. The highest BCUT2D eigenvalue weighted by Gasteiger charge is 2.53. The van der Waals surface area contributed by atoms with Gasteiger partial charge < -0.3 is 42.6 Å². The molecule has 4 aromatic rings. The maximum absolute atomic E-state index is 7.11. The van der Waals surface area contributed by atoms with Crippen molar-refractivity contribution in [2.45, 2.75) is 102 Å². The van der Waals surface area contributed by atoms with Crippen molar-refractivity contribution in [3.05, 3.63) is 156 Å². The maximum atomic E-state index is 7.11. The summed E-state index contributed by atoms with van der Waals surface area (Å²) < 4.78 is 59.3. The topological polar surface area (TPSA) is 83.1 Å². The number of benzene rings is 4. The molecule has 10 atom stereocenters. The molecule has 2 aliphatic heterocycles. The monoisotopic (exact) mass is 724 g/mol. The van der Waals surface area contributed by atoms with E-state index in [1.54, 1.807) is 13.2 Å². The van der Waals surface area contributed by atoms with Gasteiger partial charge in [0.2, 0.25) is 0 Å². The lowest BCUT2D eigenvalue weighted by molar-refractivity contribution is -0.369. The average molecular weight is 725 g/mol. The highest BCUT2D eigenvalue weighted by Crippen LogP contribution is 2.36. The van der Waals surface area contributed by atoms with Crippen LogP contribution in [0.5, 0.6) is 0 Å². The summed E-state index contributed by atoms with van der Waals surface area (Å²) in [5.41, 5.74) is 4.07. The molecule has 0 unspecified atom stereocenters. The number of hydrogen-bond donors (Lipinski definition) is 0. The Balaban J connectivity index is 1.32. The number of ether oxygens (including phenoxy) is 9. The summed E-state index contributed by atoms with van der Waals surface area (Å²) in [4.78, 5) is 0. The van der Waals surface area contributed by atoms with E-state index in [4.69, 9.17) is 42.6 Å². The van der Waals surface area contributed by atoms with Crippen LogP contribution in [0.3, 0.4) is 0 Å². The molecule has 0 bridgehead atoms. The molecule has 2 fully saturated rings. The van der Waals surface area contributed by atoms with E-state index in [1.165, 1.54) is 0 Å². The molecule has 4 aromatic carbocycles. The third-order valence-corrected chi connectivity index (χ3v) is 9.53. The average Bonchev–Trinajstić information content (AvgIpc) is 3.20. The van der Waals surface area contributed by atoms with Crippen molar-refractivity contribution in [3.63, 3.8) is 0 Å². The van der Waals surface area contributed by atoms with Crippen LogP contribution in [0.15, 0.2) is 134 Å². The van der Waals surface area contributed by atoms with Crippen molar-refractivity contribution in [1.29, 1.82) is 0 Å². The molecule has 2 heterocycles. The minimum atomic E-state index is -0.904. The molecule has 0 saturated carbocycles. The van der Waals surface area contributed by atoms with Crippen molar-refractivity contribution in [1.82, 2.24) is 0 Å². The van der Waals surface area contributed by atoms with Crippen molar-refractivity contribution in [2.75, 3.05) is 13.7 Å². The molecule has 53 heavy (non-hydrogen) atoms. The van der Waals surface area contributed by atoms with E-state index in [0.717, 1.165) is 22.3 Å². The summed E-state index contributed by atoms with van der Waals surface area (Å²) in [5.74, 6) is 0. The lowest BCUT2D eigenvalue weighted by Gasteiger charge is -2.49. The summed E-state index contributed by atoms with van der Waals surface area (Å²) in [6, 6.07) is 40.1. The minimum absolute atomic E-state index is 0.284. The van der Waals surface area contributed by atoms with Crippen LogP contribution in [0.1, 0.15) is 36.1 Å². The van der Waals surface area contributed by atoms with Crippen molar-refractivity contribution in [3.8, 4) is 0 Å². The Morgan fingerprint density at radius 2 is 0.830 bits per heavy atom. The zero-order valence-corrected chi connectivity index (χ0v) is 30.8. The van der Waals surface area contributed by atoms with Gasteiger partial charge in [0.15, 0.2) is 12.6 Å². The van der Waals surface area contributed by atoms with Crippen LogP contribution in [0.4, 0.5) is 0 Å². The molecule has 282 valence electrons. The lowest BCUT2D eigenvalue weighted by atomic mass is 9.96. The molecule has 2 aliphatic rings. The molecule has 2 saturated heterocycles. The highest BCUT2D eigenvalue weighted by atomic mass is 16.8. The van der Waals surface area contributed by atoms with Crippen LogP contribution >= 0.6 is 0 Å². The largest absolute Gasteiger partial charge is 0.368 e. The second kappa shape index (κ2) is 20.1.